The van der Waals surface area contributed by atoms with Crippen molar-refractivity contribution in [2.45, 2.75) is 26.3 Å². The Labute approximate surface area is 119 Å². The zero-order valence-corrected chi connectivity index (χ0v) is 12.4. The predicted molar refractivity (Wildman–Crippen MR) is 79.9 cm³/mol. The van der Waals surface area contributed by atoms with E-state index in [0.717, 1.165) is 26.1 Å². The molecule has 2 rings (SSSR count). The highest BCUT2D eigenvalue weighted by molar-refractivity contribution is 6.42. The molecule has 1 N–H and O–H groups in total. The van der Waals surface area contributed by atoms with Crippen LogP contribution >= 0.6 is 23.2 Å². The molecule has 1 aromatic rings. The van der Waals surface area contributed by atoms with Crippen LogP contribution in [-0.2, 0) is 0 Å². The van der Waals surface area contributed by atoms with Gasteiger partial charge in [0.15, 0.2) is 0 Å². The zero-order valence-electron chi connectivity index (χ0n) is 10.9. The Bertz CT molecular complexity index is 407. The molecule has 1 atom stereocenters. The van der Waals surface area contributed by atoms with Gasteiger partial charge in [-0.2, -0.15) is 0 Å². The van der Waals surface area contributed by atoms with E-state index in [-0.39, 0.29) is 0 Å². The quantitative estimate of drug-likeness (QED) is 0.889. The maximum atomic E-state index is 6.10. The number of hydrogen-bond acceptors (Lipinski definition) is 2. The number of nitrogens with zero attached hydrogens (tertiary/aromatic N) is 1. The van der Waals surface area contributed by atoms with E-state index in [1.165, 1.54) is 5.69 Å². The summed E-state index contributed by atoms with van der Waals surface area (Å²) in [6, 6.07) is 6.42. The molecule has 0 aliphatic carbocycles. The molecule has 18 heavy (non-hydrogen) atoms. The van der Waals surface area contributed by atoms with Gasteiger partial charge in [-0.25, -0.2) is 0 Å². The maximum Gasteiger partial charge on any atom is 0.0612 e. The third kappa shape index (κ3) is 3.31. The van der Waals surface area contributed by atoms with Crippen LogP contribution in [0.3, 0.4) is 0 Å². The Balaban J connectivity index is 2.17. The van der Waals surface area contributed by atoms with Crippen molar-refractivity contribution in [2.75, 3.05) is 24.5 Å². The lowest BCUT2D eigenvalue weighted by atomic mass is 10.0. The van der Waals surface area contributed by atoms with Gasteiger partial charge in [-0.05, 0) is 37.1 Å². The van der Waals surface area contributed by atoms with Gasteiger partial charge in [0.05, 0.1) is 10.0 Å². The Morgan fingerprint density at radius 3 is 2.72 bits per heavy atom. The molecule has 0 aromatic heterocycles. The monoisotopic (exact) mass is 286 g/mol. The van der Waals surface area contributed by atoms with E-state index in [2.05, 4.69) is 30.1 Å². The van der Waals surface area contributed by atoms with Crippen LogP contribution in [0, 0.1) is 5.92 Å². The summed E-state index contributed by atoms with van der Waals surface area (Å²) in [5.74, 6) is 0.633. The van der Waals surface area contributed by atoms with Crippen molar-refractivity contribution in [2.24, 2.45) is 5.92 Å². The minimum absolute atomic E-state index is 0.530. The van der Waals surface area contributed by atoms with Crippen LogP contribution in [0.2, 0.25) is 10.0 Å². The van der Waals surface area contributed by atoms with Crippen molar-refractivity contribution in [1.82, 2.24) is 5.32 Å². The number of halogens is 2. The summed E-state index contributed by atoms with van der Waals surface area (Å²) >= 11 is 12.1. The Morgan fingerprint density at radius 1 is 1.28 bits per heavy atom. The molecule has 1 unspecified atom stereocenters. The van der Waals surface area contributed by atoms with E-state index >= 15 is 0 Å². The summed E-state index contributed by atoms with van der Waals surface area (Å²) in [5, 5.41) is 4.86. The smallest absolute Gasteiger partial charge is 0.0612 e. The first-order chi connectivity index (χ1) is 8.58. The minimum Gasteiger partial charge on any atom is -0.370 e. The van der Waals surface area contributed by atoms with Crippen molar-refractivity contribution in [1.29, 1.82) is 0 Å². The first kappa shape index (κ1) is 14.0. The molecular weight excluding hydrogens is 267 g/mol. The summed E-state index contributed by atoms with van der Waals surface area (Å²) in [6.45, 7) is 7.69. The van der Waals surface area contributed by atoms with Crippen LogP contribution in [0.25, 0.3) is 0 Å². The van der Waals surface area contributed by atoms with Crippen LogP contribution in [-0.4, -0.2) is 25.7 Å². The number of anilines is 1. The molecule has 0 saturated carbocycles. The molecule has 0 spiro atoms. The van der Waals surface area contributed by atoms with Gasteiger partial charge in [-0.3, -0.25) is 0 Å². The minimum atomic E-state index is 0.530. The van der Waals surface area contributed by atoms with Crippen LogP contribution in [0.15, 0.2) is 18.2 Å². The molecule has 1 aliphatic rings. The van der Waals surface area contributed by atoms with E-state index in [0.29, 0.717) is 22.0 Å². The van der Waals surface area contributed by atoms with Crippen molar-refractivity contribution in [3.63, 3.8) is 0 Å². The molecule has 2 nitrogen and oxygen atoms in total. The van der Waals surface area contributed by atoms with Crippen LogP contribution in [0.5, 0.6) is 0 Å². The van der Waals surface area contributed by atoms with Crippen molar-refractivity contribution < 1.29 is 0 Å². The Hall–Kier alpha value is -0.440. The third-order valence-electron chi connectivity index (χ3n) is 3.50. The van der Waals surface area contributed by atoms with Gasteiger partial charge in [-0.15, -0.1) is 0 Å². The highest BCUT2D eigenvalue weighted by Gasteiger charge is 2.20. The average molecular weight is 287 g/mol. The molecule has 0 bridgehead atoms. The first-order valence-electron chi connectivity index (χ1n) is 6.51. The normalized spacial score (nSPS) is 21.2. The molecular formula is C14H20Cl2N2. The molecule has 100 valence electrons. The SMILES string of the molecule is CC(C)C1CN(c2ccc(Cl)c(Cl)c2)CCCN1. The van der Waals surface area contributed by atoms with Crippen molar-refractivity contribution >= 4 is 28.9 Å². The van der Waals surface area contributed by atoms with Gasteiger partial charge >= 0.3 is 0 Å². The lowest BCUT2D eigenvalue weighted by Gasteiger charge is -2.28. The first-order valence-corrected chi connectivity index (χ1v) is 7.27. The van der Waals surface area contributed by atoms with Gasteiger partial charge < -0.3 is 10.2 Å². The van der Waals surface area contributed by atoms with Crippen molar-refractivity contribution in [3.05, 3.63) is 28.2 Å². The molecule has 1 saturated heterocycles. The third-order valence-corrected chi connectivity index (χ3v) is 4.24. The van der Waals surface area contributed by atoms with Gasteiger partial charge in [0.25, 0.3) is 0 Å². The van der Waals surface area contributed by atoms with Gasteiger partial charge in [0.2, 0.25) is 0 Å². The number of hydrogen-bond donors (Lipinski definition) is 1. The summed E-state index contributed by atoms with van der Waals surface area (Å²) < 4.78 is 0. The van der Waals surface area contributed by atoms with E-state index < -0.39 is 0 Å². The summed E-state index contributed by atoms with van der Waals surface area (Å²) in [6.07, 6.45) is 1.16. The lowest BCUT2D eigenvalue weighted by molar-refractivity contribution is 0.420. The van der Waals surface area contributed by atoms with Crippen LogP contribution in [0.1, 0.15) is 20.3 Å². The second-order valence-electron chi connectivity index (χ2n) is 5.20. The zero-order chi connectivity index (χ0) is 13.1. The predicted octanol–water partition coefficient (Wildman–Crippen LogP) is 3.82. The lowest BCUT2D eigenvalue weighted by Crippen LogP contribution is -2.41. The number of benzene rings is 1. The molecule has 1 aliphatic heterocycles. The largest absolute Gasteiger partial charge is 0.370 e. The van der Waals surface area contributed by atoms with Crippen molar-refractivity contribution in [3.8, 4) is 0 Å². The van der Waals surface area contributed by atoms with E-state index in [9.17, 15) is 0 Å². The van der Waals surface area contributed by atoms with Crippen LogP contribution in [0.4, 0.5) is 5.69 Å². The van der Waals surface area contributed by atoms with Gasteiger partial charge in [0, 0.05) is 24.8 Å². The van der Waals surface area contributed by atoms with Crippen LogP contribution < -0.4 is 10.2 Å². The summed E-state index contributed by atoms with van der Waals surface area (Å²) in [5.41, 5.74) is 1.17. The highest BCUT2D eigenvalue weighted by atomic mass is 35.5. The number of nitrogens with one attached hydrogen (secondary N) is 1. The van der Waals surface area contributed by atoms with E-state index in [1.54, 1.807) is 0 Å². The second kappa shape index (κ2) is 6.14. The molecule has 0 radical (unpaired) electrons. The molecule has 1 fully saturated rings. The molecule has 4 heteroatoms. The van der Waals surface area contributed by atoms with Gasteiger partial charge in [-0.1, -0.05) is 37.0 Å². The standard InChI is InChI=1S/C14H20Cl2N2/c1-10(2)14-9-18(7-3-6-17-14)11-4-5-12(15)13(16)8-11/h4-5,8,10,14,17H,3,6-7,9H2,1-2H3. The summed E-state index contributed by atoms with van der Waals surface area (Å²) in [4.78, 5) is 2.40. The summed E-state index contributed by atoms with van der Waals surface area (Å²) in [7, 11) is 0. The average Bonchev–Trinajstić information content (AvgIpc) is 2.58. The van der Waals surface area contributed by atoms with E-state index in [1.807, 2.05) is 12.1 Å². The molecule has 1 aromatic carbocycles. The fraction of sp³-hybridized carbons (Fsp3) is 0.571. The fourth-order valence-electron chi connectivity index (χ4n) is 2.31. The Morgan fingerprint density at radius 2 is 2.06 bits per heavy atom. The second-order valence-corrected chi connectivity index (χ2v) is 6.02. The highest BCUT2D eigenvalue weighted by Crippen LogP contribution is 2.28. The number of rotatable bonds is 2. The fourth-order valence-corrected chi connectivity index (χ4v) is 2.61. The molecule has 0 amide bonds. The topological polar surface area (TPSA) is 15.3 Å². The maximum absolute atomic E-state index is 6.10. The Kier molecular flexibility index (Phi) is 4.77. The van der Waals surface area contributed by atoms with Gasteiger partial charge in [0.1, 0.15) is 0 Å². The van der Waals surface area contributed by atoms with E-state index in [4.69, 9.17) is 23.2 Å². The molecule has 1 heterocycles.